The Morgan fingerprint density at radius 3 is 2.44 bits per heavy atom. The van der Waals surface area contributed by atoms with Gasteiger partial charge in [0.1, 0.15) is 17.3 Å². The molecule has 0 amide bonds. The minimum atomic E-state index is -0.341. The zero-order valence-electron chi connectivity index (χ0n) is 9.38. The van der Waals surface area contributed by atoms with Crippen LogP contribution in [0, 0.1) is 5.82 Å². The Bertz CT molecular complexity index is 567. The standard InChI is InChI=1S/C13H11FN2O2/c14-9-5-7-10(8-6-9)18-12-4-2-1-3-11(12)13(15)16-17/h1-8,17H,(H2,15,16). The van der Waals surface area contributed by atoms with E-state index in [9.17, 15) is 4.39 Å². The average molecular weight is 246 g/mol. The normalized spacial score (nSPS) is 11.3. The van der Waals surface area contributed by atoms with Gasteiger partial charge in [0.15, 0.2) is 5.84 Å². The lowest BCUT2D eigenvalue weighted by Gasteiger charge is -2.09. The molecule has 0 aromatic heterocycles. The highest BCUT2D eigenvalue weighted by Crippen LogP contribution is 2.25. The molecule has 92 valence electrons. The lowest BCUT2D eigenvalue weighted by molar-refractivity contribution is 0.318. The average Bonchev–Trinajstić information content (AvgIpc) is 2.41. The molecule has 0 aliphatic carbocycles. The molecule has 3 N–H and O–H groups in total. The van der Waals surface area contributed by atoms with E-state index in [1.54, 1.807) is 24.3 Å². The lowest BCUT2D eigenvalue weighted by atomic mass is 10.2. The van der Waals surface area contributed by atoms with Gasteiger partial charge in [0.2, 0.25) is 0 Å². The number of nitrogens with zero attached hydrogens (tertiary/aromatic N) is 1. The fourth-order valence-electron chi connectivity index (χ4n) is 1.45. The molecule has 0 atom stereocenters. The van der Waals surface area contributed by atoms with Crippen LogP contribution in [0.15, 0.2) is 53.7 Å². The first-order valence-electron chi connectivity index (χ1n) is 5.21. The van der Waals surface area contributed by atoms with Crippen molar-refractivity contribution in [2.24, 2.45) is 10.9 Å². The molecule has 5 heteroatoms. The maximum atomic E-state index is 12.8. The third-order valence-electron chi connectivity index (χ3n) is 2.31. The Morgan fingerprint density at radius 2 is 1.78 bits per heavy atom. The number of nitrogens with two attached hydrogens (primary N) is 1. The zero-order chi connectivity index (χ0) is 13.0. The number of hydrogen-bond donors (Lipinski definition) is 2. The van der Waals surface area contributed by atoms with E-state index in [2.05, 4.69) is 5.16 Å². The lowest BCUT2D eigenvalue weighted by Crippen LogP contribution is -2.14. The molecule has 0 aliphatic heterocycles. The Balaban J connectivity index is 2.32. The van der Waals surface area contributed by atoms with E-state index in [1.165, 1.54) is 24.3 Å². The molecule has 0 spiro atoms. The van der Waals surface area contributed by atoms with Crippen LogP contribution in [0.25, 0.3) is 0 Å². The van der Waals surface area contributed by atoms with Gasteiger partial charge in [0.05, 0.1) is 5.56 Å². The van der Waals surface area contributed by atoms with Crippen LogP contribution in [0.4, 0.5) is 4.39 Å². The van der Waals surface area contributed by atoms with Crippen LogP contribution in [0.5, 0.6) is 11.5 Å². The molecule has 4 nitrogen and oxygen atoms in total. The van der Waals surface area contributed by atoms with Crippen molar-refractivity contribution in [2.75, 3.05) is 0 Å². The van der Waals surface area contributed by atoms with Crippen LogP contribution in [0.3, 0.4) is 0 Å². The summed E-state index contributed by atoms with van der Waals surface area (Å²) >= 11 is 0. The maximum absolute atomic E-state index is 12.8. The Kier molecular flexibility index (Phi) is 3.43. The molecule has 0 saturated heterocycles. The van der Waals surface area contributed by atoms with E-state index in [-0.39, 0.29) is 11.7 Å². The van der Waals surface area contributed by atoms with Crippen molar-refractivity contribution in [1.29, 1.82) is 0 Å². The van der Waals surface area contributed by atoms with Crippen molar-refractivity contribution in [3.8, 4) is 11.5 Å². The smallest absolute Gasteiger partial charge is 0.173 e. The van der Waals surface area contributed by atoms with Gasteiger partial charge in [-0.05, 0) is 36.4 Å². The summed E-state index contributed by atoms with van der Waals surface area (Å²) in [6, 6.07) is 12.4. The molecule has 2 rings (SSSR count). The number of ether oxygens (including phenoxy) is 1. The van der Waals surface area contributed by atoms with Gasteiger partial charge in [-0.3, -0.25) is 0 Å². The van der Waals surface area contributed by atoms with Crippen LogP contribution in [0.1, 0.15) is 5.56 Å². The molecule has 0 unspecified atom stereocenters. The second kappa shape index (κ2) is 5.18. The first-order valence-corrected chi connectivity index (χ1v) is 5.21. The summed E-state index contributed by atoms with van der Waals surface area (Å²) in [5.74, 6) is 0.508. The summed E-state index contributed by atoms with van der Waals surface area (Å²) in [7, 11) is 0. The summed E-state index contributed by atoms with van der Waals surface area (Å²) in [5.41, 5.74) is 6.00. The molecule has 2 aromatic rings. The summed E-state index contributed by atoms with van der Waals surface area (Å²) in [5, 5.41) is 11.6. The van der Waals surface area contributed by atoms with Gasteiger partial charge in [-0.2, -0.15) is 0 Å². The van der Waals surface area contributed by atoms with Crippen molar-refractivity contribution >= 4 is 5.84 Å². The van der Waals surface area contributed by atoms with Gasteiger partial charge in [-0.15, -0.1) is 0 Å². The first kappa shape index (κ1) is 11.9. The zero-order valence-corrected chi connectivity index (χ0v) is 9.38. The minimum absolute atomic E-state index is 0.0484. The highest BCUT2D eigenvalue weighted by Gasteiger charge is 2.08. The predicted octanol–water partition coefficient (Wildman–Crippen LogP) is 2.71. The molecule has 18 heavy (non-hydrogen) atoms. The number of hydrogen-bond acceptors (Lipinski definition) is 3. The number of halogens is 1. The molecule has 0 heterocycles. The molecular weight excluding hydrogens is 235 g/mol. The topological polar surface area (TPSA) is 67.8 Å². The molecule has 0 aliphatic rings. The number of para-hydroxylation sites is 1. The van der Waals surface area contributed by atoms with Crippen LogP contribution in [-0.4, -0.2) is 11.0 Å². The fraction of sp³-hybridized carbons (Fsp3) is 0. The van der Waals surface area contributed by atoms with E-state index in [0.717, 1.165) is 0 Å². The SMILES string of the molecule is N/C(=N\O)c1ccccc1Oc1ccc(F)cc1. The minimum Gasteiger partial charge on any atom is -0.457 e. The van der Waals surface area contributed by atoms with Gasteiger partial charge in [0.25, 0.3) is 0 Å². The second-order valence-electron chi connectivity index (χ2n) is 3.54. The summed E-state index contributed by atoms with van der Waals surface area (Å²) < 4.78 is 18.3. The second-order valence-corrected chi connectivity index (χ2v) is 3.54. The molecule has 0 radical (unpaired) electrons. The molecular formula is C13H11FN2O2. The van der Waals surface area contributed by atoms with E-state index >= 15 is 0 Å². The Hall–Kier alpha value is -2.56. The van der Waals surface area contributed by atoms with Gasteiger partial charge in [-0.25, -0.2) is 4.39 Å². The van der Waals surface area contributed by atoms with Crippen LogP contribution in [-0.2, 0) is 0 Å². The van der Waals surface area contributed by atoms with E-state index in [1.807, 2.05) is 0 Å². The number of rotatable bonds is 3. The van der Waals surface area contributed by atoms with E-state index in [4.69, 9.17) is 15.7 Å². The fourth-order valence-corrected chi connectivity index (χ4v) is 1.45. The van der Waals surface area contributed by atoms with E-state index in [0.29, 0.717) is 17.1 Å². The van der Waals surface area contributed by atoms with Crippen molar-refractivity contribution in [3.63, 3.8) is 0 Å². The number of oxime groups is 1. The summed E-state index contributed by atoms with van der Waals surface area (Å²) in [4.78, 5) is 0. The monoisotopic (exact) mass is 246 g/mol. The summed E-state index contributed by atoms with van der Waals surface area (Å²) in [6.07, 6.45) is 0. The van der Waals surface area contributed by atoms with Crippen LogP contribution < -0.4 is 10.5 Å². The van der Waals surface area contributed by atoms with Crippen molar-refractivity contribution in [2.45, 2.75) is 0 Å². The third kappa shape index (κ3) is 2.57. The van der Waals surface area contributed by atoms with Crippen LogP contribution in [0.2, 0.25) is 0 Å². The van der Waals surface area contributed by atoms with Crippen molar-refractivity contribution in [3.05, 3.63) is 59.9 Å². The Labute approximate surface area is 103 Å². The van der Waals surface area contributed by atoms with Gasteiger partial charge in [-0.1, -0.05) is 17.3 Å². The Morgan fingerprint density at radius 1 is 1.11 bits per heavy atom. The van der Waals surface area contributed by atoms with Crippen LogP contribution >= 0.6 is 0 Å². The first-order chi connectivity index (χ1) is 8.70. The van der Waals surface area contributed by atoms with Gasteiger partial charge < -0.3 is 15.7 Å². The number of benzene rings is 2. The van der Waals surface area contributed by atoms with E-state index < -0.39 is 0 Å². The molecule has 0 saturated carbocycles. The molecule has 2 aromatic carbocycles. The quantitative estimate of drug-likeness (QED) is 0.378. The molecule has 0 bridgehead atoms. The van der Waals surface area contributed by atoms with Gasteiger partial charge >= 0.3 is 0 Å². The predicted molar refractivity (Wildman–Crippen MR) is 65.4 cm³/mol. The third-order valence-corrected chi connectivity index (χ3v) is 2.31. The van der Waals surface area contributed by atoms with Crippen molar-refractivity contribution < 1.29 is 14.3 Å². The largest absolute Gasteiger partial charge is 0.457 e. The molecule has 0 fully saturated rings. The number of amidine groups is 1. The van der Waals surface area contributed by atoms with Crippen molar-refractivity contribution in [1.82, 2.24) is 0 Å². The summed E-state index contributed by atoms with van der Waals surface area (Å²) in [6.45, 7) is 0. The highest BCUT2D eigenvalue weighted by molar-refractivity contribution is 5.99. The van der Waals surface area contributed by atoms with Gasteiger partial charge in [0, 0.05) is 0 Å². The highest BCUT2D eigenvalue weighted by atomic mass is 19.1. The maximum Gasteiger partial charge on any atom is 0.173 e.